The fourth-order valence-electron chi connectivity index (χ4n) is 1.29. The minimum absolute atomic E-state index is 0.133. The molecule has 72 valence electrons. The van der Waals surface area contributed by atoms with Crippen molar-refractivity contribution in [1.82, 2.24) is 0 Å². The molecule has 0 atom stereocenters. The Morgan fingerprint density at radius 2 is 2.00 bits per heavy atom. The van der Waals surface area contributed by atoms with Crippen molar-refractivity contribution < 1.29 is 5.11 Å². The summed E-state index contributed by atoms with van der Waals surface area (Å²) >= 11 is 0. The Bertz CT molecular complexity index is 276. The van der Waals surface area contributed by atoms with Gasteiger partial charge in [0.1, 0.15) is 0 Å². The topological polar surface area (TPSA) is 20.2 Å². The summed E-state index contributed by atoms with van der Waals surface area (Å²) in [5.74, 6) is 0. The smallest absolute Gasteiger partial charge is 0.0681 e. The number of hydrogen-bond donors (Lipinski definition) is 1. The molecule has 0 aliphatic carbocycles. The van der Waals surface area contributed by atoms with Crippen molar-refractivity contribution in [2.75, 3.05) is 0 Å². The highest BCUT2D eigenvalue weighted by Crippen LogP contribution is 2.26. The molecule has 1 heteroatoms. The molecular weight excluding hydrogens is 160 g/mol. The van der Waals surface area contributed by atoms with E-state index in [1.165, 1.54) is 5.56 Å². The van der Waals surface area contributed by atoms with Crippen LogP contribution in [0.15, 0.2) is 24.3 Å². The van der Waals surface area contributed by atoms with Crippen molar-refractivity contribution >= 4 is 0 Å². The van der Waals surface area contributed by atoms with Gasteiger partial charge < -0.3 is 5.11 Å². The maximum atomic E-state index is 9.00. The van der Waals surface area contributed by atoms with Gasteiger partial charge >= 0.3 is 0 Å². The summed E-state index contributed by atoms with van der Waals surface area (Å²) in [5.41, 5.74) is 2.52. The van der Waals surface area contributed by atoms with Crippen LogP contribution in [0.2, 0.25) is 0 Å². The van der Waals surface area contributed by atoms with E-state index >= 15 is 0 Å². The van der Waals surface area contributed by atoms with Gasteiger partial charge in [0.2, 0.25) is 0 Å². The van der Waals surface area contributed by atoms with Gasteiger partial charge in [-0.15, -0.1) is 0 Å². The van der Waals surface area contributed by atoms with Crippen molar-refractivity contribution in [3.63, 3.8) is 0 Å². The number of aliphatic hydroxyl groups excluding tert-OH is 1. The molecule has 0 saturated carbocycles. The molecule has 1 rings (SSSR count). The molecule has 0 unspecified atom stereocenters. The zero-order valence-electron chi connectivity index (χ0n) is 8.67. The number of aliphatic hydroxyl groups is 1. The van der Waals surface area contributed by atoms with Crippen LogP contribution in [0.5, 0.6) is 0 Å². The highest BCUT2D eigenvalue weighted by atomic mass is 16.3. The molecule has 0 saturated heterocycles. The summed E-state index contributed by atoms with van der Waals surface area (Å²) in [6.07, 6.45) is 1.11. The molecule has 0 heterocycles. The molecule has 1 N–H and O–H groups in total. The number of benzene rings is 1. The third-order valence-electron chi connectivity index (χ3n) is 2.77. The summed E-state index contributed by atoms with van der Waals surface area (Å²) in [6.45, 7) is 6.77. The summed E-state index contributed by atoms with van der Waals surface area (Å²) in [7, 11) is 0. The van der Waals surface area contributed by atoms with Gasteiger partial charge in [-0.05, 0) is 23.0 Å². The van der Waals surface area contributed by atoms with Crippen molar-refractivity contribution in [3.05, 3.63) is 35.4 Å². The highest BCUT2D eigenvalue weighted by molar-refractivity contribution is 5.28. The lowest BCUT2D eigenvalue weighted by molar-refractivity contribution is 0.281. The second kappa shape index (κ2) is 3.93. The standard InChI is InChI=1S/C12H18O/c1-4-12(2,3)11-7-5-6-10(8-11)9-13/h5-8,13H,4,9H2,1-3H3. The van der Waals surface area contributed by atoms with Crippen molar-refractivity contribution in [2.45, 2.75) is 39.2 Å². The predicted molar refractivity (Wildman–Crippen MR) is 55.7 cm³/mol. The third kappa shape index (κ3) is 2.31. The molecule has 0 bridgehead atoms. The van der Waals surface area contributed by atoms with E-state index in [1.807, 2.05) is 12.1 Å². The molecule has 0 aromatic heterocycles. The molecule has 0 aliphatic rings. The lowest BCUT2D eigenvalue weighted by Crippen LogP contribution is -2.15. The van der Waals surface area contributed by atoms with E-state index in [2.05, 4.69) is 32.9 Å². The van der Waals surface area contributed by atoms with E-state index in [4.69, 9.17) is 5.11 Å². The van der Waals surface area contributed by atoms with E-state index in [9.17, 15) is 0 Å². The predicted octanol–water partition coefficient (Wildman–Crippen LogP) is 2.87. The lowest BCUT2D eigenvalue weighted by Gasteiger charge is -2.23. The Morgan fingerprint density at radius 3 is 2.54 bits per heavy atom. The normalized spacial score (nSPS) is 11.7. The third-order valence-corrected chi connectivity index (χ3v) is 2.77. The van der Waals surface area contributed by atoms with Crippen molar-refractivity contribution in [1.29, 1.82) is 0 Å². The molecule has 1 aromatic carbocycles. The van der Waals surface area contributed by atoms with Crippen LogP contribution in [0.3, 0.4) is 0 Å². The molecular formula is C12H18O. The van der Waals surface area contributed by atoms with Gasteiger partial charge in [0.05, 0.1) is 6.61 Å². The van der Waals surface area contributed by atoms with Crippen LogP contribution >= 0.6 is 0 Å². The van der Waals surface area contributed by atoms with E-state index in [1.54, 1.807) is 0 Å². The Hall–Kier alpha value is -0.820. The van der Waals surface area contributed by atoms with Crippen LogP contribution in [0.1, 0.15) is 38.3 Å². The van der Waals surface area contributed by atoms with Gasteiger partial charge in [0, 0.05) is 0 Å². The van der Waals surface area contributed by atoms with Gasteiger partial charge in [0.25, 0.3) is 0 Å². The Kier molecular flexibility index (Phi) is 3.10. The molecule has 0 fully saturated rings. The molecule has 1 nitrogen and oxygen atoms in total. The number of rotatable bonds is 3. The van der Waals surface area contributed by atoms with Crippen LogP contribution in [-0.4, -0.2) is 5.11 Å². The summed E-state index contributed by atoms with van der Waals surface area (Å²) < 4.78 is 0. The minimum Gasteiger partial charge on any atom is -0.392 e. The zero-order chi connectivity index (χ0) is 9.90. The average molecular weight is 178 g/mol. The zero-order valence-corrected chi connectivity index (χ0v) is 8.67. The largest absolute Gasteiger partial charge is 0.392 e. The minimum atomic E-state index is 0.133. The average Bonchev–Trinajstić information content (AvgIpc) is 2.18. The van der Waals surface area contributed by atoms with Crippen LogP contribution in [-0.2, 0) is 12.0 Å². The first-order valence-corrected chi connectivity index (χ1v) is 4.80. The second-order valence-electron chi connectivity index (χ2n) is 4.10. The summed E-state index contributed by atoms with van der Waals surface area (Å²) in [5, 5.41) is 9.00. The maximum absolute atomic E-state index is 9.00. The first kappa shape index (κ1) is 10.3. The molecule has 1 aromatic rings. The lowest BCUT2D eigenvalue weighted by atomic mass is 9.82. The highest BCUT2D eigenvalue weighted by Gasteiger charge is 2.17. The number of hydrogen-bond acceptors (Lipinski definition) is 1. The Labute approximate surface area is 80.4 Å². The second-order valence-corrected chi connectivity index (χ2v) is 4.10. The molecule has 0 spiro atoms. The van der Waals surface area contributed by atoms with Crippen LogP contribution in [0, 0.1) is 0 Å². The Morgan fingerprint density at radius 1 is 1.31 bits per heavy atom. The van der Waals surface area contributed by atoms with Gasteiger partial charge in [0.15, 0.2) is 0 Å². The fraction of sp³-hybridized carbons (Fsp3) is 0.500. The molecule has 0 aliphatic heterocycles. The molecule has 0 amide bonds. The molecule has 0 radical (unpaired) electrons. The first-order valence-electron chi connectivity index (χ1n) is 4.80. The quantitative estimate of drug-likeness (QED) is 0.754. The van der Waals surface area contributed by atoms with Crippen molar-refractivity contribution in [3.8, 4) is 0 Å². The summed E-state index contributed by atoms with van der Waals surface area (Å²) in [4.78, 5) is 0. The van der Waals surface area contributed by atoms with E-state index < -0.39 is 0 Å². The first-order chi connectivity index (χ1) is 6.10. The van der Waals surface area contributed by atoms with Crippen molar-refractivity contribution in [2.24, 2.45) is 0 Å². The van der Waals surface area contributed by atoms with E-state index in [-0.39, 0.29) is 12.0 Å². The van der Waals surface area contributed by atoms with Gasteiger partial charge in [-0.25, -0.2) is 0 Å². The van der Waals surface area contributed by atoms with Gasteiger partial charge in [-0.3, -0.25) is 0 Å². The molecule has 13 heavy (non-hydrogen) atoms. The van der Waals surface area contributed by atoms with E-state index in [0.717, 1.165) is 12.0 Å². The van der Waals surface area contributed by atoms with Crippen LogP contribution in [0.25, 0.3) is 0 Å². The monoisotopic (exact) mass is 178 g/mol. The summed E-state index contributed by atoms with van der Waals surface area (Å²) in [6, 6.07) is 8.18. The maximum Gasteiger partial charge on any atom is 0.0681 e. The SMILES string of the molecule is CCC(C)(C)c1cccc(CO)c1. The van der Waals surface area contributed by atoms with Crippen LogP contribution < -0.4 is 0 Å². The van der Waals surface area contributed by atoms with Gasteiger partial charge in [-0.2, -0.15) is 0 Å². The van der Waals surface area contributed by atoms with Crippen LogP contribution in [0.4, 0.5) is 0 Å². The fourth-order valence-corrected chi connectivity index (χ4v) is 1.29. The van der Waals surface area contributed by atoms with E-state index in [0.29, 0.717) is 0 Å². The Balaban J connectivity index is 3.01. The van der Waals surface area contributed by atoms with Gasteiger partial charge in [-0.1, -0.05) is 45.0 Å².